The largest absolute Gasteiger partial charge is 0.396 e. The van der Waals surface area contributed by atoms with E-state index in [4.69, 9.17) is 0 Å². The van der Waals surface area contributed by atoms with Gasteiger partial charge in [0.1, 0.15) is 0 Å². The van der Waals surface area contributed by atoms with E-state index in [9.17, 15) is 20.4 Å². The lowest BCUT2D eigenvalue weighted by molar-refractivity contribution is 0.147. The Morgan fingerprint density at radius 1 is 0.538 bits per heavy atom. The summed E-state index contributed by atoms with van der Waals surface area (Å²) in [6.07, 6.45) is 18.4. The van der Waals surface area contributed by atoms with Gasteiger partial charge in [-0.05, 0) is 90.9 Å². The summed E-state index contributed by atoms with van der Waals surface area (Å²) >= 11 is 0. The fraction of sp³-hybridized carbons (Fsp3) is 0.771. The molecular formula is C35H60O4. The van der Waals surface area contributed by atoms with Crippen LogP contribution < -0.4 is 0 Å². The van der Waals surface area contributed by atoms with Gasteiger partial charge in [-0.1, -0.05) is 92.5 Å². The number of hydrogen-bond acceptors (Lipinski definition) is 4. The lowest BCUT2D eigenvalue weighted by Gasteiger charge is -2.32. The monoisotopic (exact) mass is 544 g/mol. The molecule has 0 amide bonds. The number of aliphatic hydroxyl groups is 4. The number of unbranched alkanes of at least 4 members (excludes halogenated alkanes) is 2. The van der Waals surface area contributed by atoms with Gasteiger partial charge in [0.2, 0.25) is 0 Å². The minimum absolute atomic E-state index is 0.0390. The summed E-state index contributed by atoms with van der Waals surface area (Å²) in [5, 5.41) is 41.5. The predicted octanol–water partition coefficient (Wildman–Crippen LogP) is 7.82. The summed E-state index contributed by atoms with van der Waals surface area (Å²) in [7, 11) is 0. The molecule has 2 atom stereocenters. The van der Waals surface area contributed by atoms with Crippen molar-refractivity contribution >= 4 is 0 Å². The molecule has 2 aliphatic rings. The Morgan fingerprint density at radius 2 is 0.821 bits per heavy atom. The predicted molar refractivity (Wildman–Crippen MR) is 164 cm³/mol. The zero-order valence-electron chi connectivity index (χ0n) is 26.4. The molecule has 0 aromatic rings. The molecular weight excluding hydrogens is 484 g/mol. The van der Waals surface area contributed by atoms with Crippen LogP contribution in [0.5, 0.6) is 0 Å². The van der Waals surface area contributed by atoms with E-state index < -0.39 is 12.2 Å². The molecule has 0 bridgehead atoms. The Bertz CT molecular complexity index is 839. The second-order valence-corrected chi connectivity index (χ2v) is 15.2. The third kappa shape index (κ3) is 11.3. The molecule has 4 N–H and O–H groups in total. The Balaban J connectivity index is 1.92. The van der Waals surface area contributed by atoms with Crippen molar-refractivity contribution in [3.05, 3.63) is 46.6 Å². The van der Waals surface area contributed by atoms with E-state index in [1.165, 1.54) is 0 Å². The maximum Gasteiger partial charge on any atom is 0.0961 e. The number of hydrogen-bond donors (Lipinski definition) is 4. The maximum atomic E-state index is 11.2. The van der Waals surface area contributed by atoms with Crippen molar-refractivity contribution in [1.29, 1.82) is 0 Å². The summed E-state index contributed by atoms with van der Waals surface area (Å²) in [5.41, 5.74) is 4.27. The van der Waals surface area contributed by atoms with Gasteiger partial charge in [-0.2, -0.15) is 0 Å². The molecule has 2 unspecified atom stereocenters. The van der Waals surface area contributed by atoms with Gasteiger partial charge in [0.05, 0.1) is 12.2 Å². The van der Waals surface area contributed by atoms with Crippen LogP contribution >= 0.6 is 0 Å². The number of rotatable bonds is 16. The first-order valence-electron chi connectivity index (χ1n) is 15.4. The van der Waals surface area contributed by atoms with Crippen LogP contribution in [0.15, 0.2) is 46.6 Å². The van der Waals surface area contributed by atoms with Crippen molar-refractivity contribution in [3.8, 4) is 0 Å². The Kier molecular flexibility index (Phi) is 12.3. The van der Waals surface area contributed by atoms with Gasteiger partial charge >= 0.3 is 0 Å². The Morgan fingerprint density at radius 3 is 1.10 bits per heavy atom. The summed E-state index contributed by atoms with van der Waals surface area (Å²) in [6, 6.07) is 0. The second kappa shape index (κ2) is 14.1. The van der Waals surface area contributed by atoms with Crippen molar-refractivity contribution in [2.24, 2.45) is 21.7 Å². The molecule has 0 saturated carbocycles. The number of allylic oxidation sites excluding steroid dienone is 4. The van der Waals surface area contributed by atoms with Crippen LogP contribution in [0.3, 0.4) is 0 Å². The topological polar surface area (TPSA) is 80.9 Å². The summed E-state index contributed by atoms with van der Waals surface area (Å²) in [4.78, 5) is 0. The van der Waals surface area contributed by atoms with Crippen LogP contribution in [-0.2, 0) is 0 Å². The van der Waals surface area contributed by atoms with Crippen LogP contribution in [0.1, 0.15) is 126 Å². The fourth-order valence-electron chi connectivity index (χ4n) is 6.14. The Hall–Kier alpha value is -1.20. The van der Waals surface area contributed by atoms with Gasteiger partial charge in [0, 0.05) is 24.0 Å². The molecule has 224 valence electrons. The molecule has 2 rings (SSSR count). The van der Waals surface area contributed by atoms with Crippen molar-refractivity contribution < 1.29 is 20.4 Å². The average Bonchev–Trinajstić information content (AvgIpc) is 2.84. The third-order valence-corrected chi connectivity index (χ3v) is 8.56. The van der Waals surface area contributed by atoms with E-state index in [2.05, 4.69) is 79.7 Å². The maximum absolute atomic E-state index is 11.2. The highest BCUT2D eigenvalue weighted by Crippen LogP contribution is 2.39. The average molecular weight is 545 g/mol. The van der Waals surface area contributed by atoms with Crippen molar-refractivity contribution in [2.75, 3.05) is 13.2 Å². The minimum atomic E-state index is -0.510. The van der Waals surface area contributed by atoms with Gasteiger partial charge < -0.3 is 20.4 Å². The lowest BCUT2D eigenvalue weighted by atomic mass is 9.76. The van der Waals surface area contributed by atoms with E-state index in [1.807, 2.05) is 0 Å². The quantitative estimate of drug-likeness (QED) is 0.118. The van der Waals surface area contributed by atoms with Gasteiger partial charge in [-0.15, -0.1) is 0 Å². The molecule has 4 nitrogen and oxygen atoms in total. The smallest absolute Gasteiger partial charge is 0.0961 e. The first-order valence-corrected chi connectivity index (χ1v) is 15.4. The van der Waals surface area contributed by atoms with Crippen molar-refractivity contribution in [3.63, 3.8) is 0 Å². The third-order valence-electron chi connectivity index (χ3n) is 8.56. The summed E-state index contributed by atoms with van der Waals surface area (Å²) < 4.78 is 0. The van der Waals surface area contributed by atoms with E-state index >= 15 is 0 Å². The van der Waals surface area contributed by atoms with E-state index in [1.54, 1.807) is 0 Å². The molecule has 0 radical (unpaired) electrons. The SMILES string of the molecule is CC1(C)C=C(CCCCC(C)(C)CO)C(O)C(CCCC2=CC(C)(C)C=C(CCCCC(C)(C)CO)C2O)=C1. The Labute approximate surface area is 240 Å². The van der Waals surface area contributed by atoms with Crippen LogP contribution in [0.2, 0.25) is 0 Å². The summed E-state index contributed by atoms with van der Waals surface area (Å²) in [6.45, 7) is 17.7. The molecule has 39 heavy (non-hydrogen) atoms. The normalized spacial score (nSPS) is 23.2. The summed E-state index contributed by atoms with van der Waals surface area (Å²) in [5.74, 6) is 0. The second-order valence-electron chi connectivity index (χ2n) is 15.2. The van der Waals surface area contributed by atoms with Gasteiger partial charge in [0.25, 0.3) is 0 Å². The van der Waals surface area contributed by atoms with Crippen LogP contribution in [0.4, 0.5) is 0 Å². The lowest BCUT2D eigenvalue weighted by Crippen LogP contribution is -2.25. The van der Waals surface area contributed by atoms with Crippen LogP contribution in [-0.4, -0.2) is 45.8 Å². The molecule has 0 aromatic heterocycles. The van der Waals surface area contributed by atoms with Gasteiger partial charge in [-0.3, -0.25) is 0 Å². The van der Waals surface area contributed by atoms with Crippen LogP contribution in [0, 0.1) is 21.7 Å². The standard InChI is InChI=1S/C35H60O4/c1-32(2,24-36)18-11-9-14-26-20-34(5,6)22-28(30(26)38)16-13-17-29-23-35(7,8)21-27(31(29)39)15-10-12-19-33(3,4)25-37/h20-23,30-31,36-39H,9-19,24-25H2,1-8H3. The molecule has 4 heteroatoms. The minimum Gasteiger partial charge on any atom is -0.396 e. The first kappa shape index (κ1) is 34.0. The molecule has 0 aromatic carbocycles. The fourth-order valence-corrected chi connectivity index (χ4v) is 6.14. The van der Waals surface area contributed by atoms with Crippen molar-refractivity contribution in [1.82, 2.24) is 0 Å². The molecule has 0 fully saturated rings. The van der Waals surface area contributed by atoms with E-state index in [0.717, 1.165) is 92.9 Å². The van der Waals surface area contributed by atoms with Gasteiger partial charge in [-0.25, -0.2) is 0 Å². The van der Waals surface area contributed by atoms with E-state index in [0.29, 0.717) is 0 Å². The zero-order valence-corrected chi connectivity index (χ0v) is 26.4. The molecule has 0 saturated heterocycles. The first-order chi connectivity index (χ1) is 18.0. The highest BCUT2D eigenvalue weighted by molar-refractivity contribution is 5.36. The highest BCUT2D eigenvalue weighted by Gasteiger charge is 2.29. The zero-order chi connectivity index (χ0) is 29.5. The van der Waals surface area contributed by atoms with Gasteiger partial charge in [0.15, 0.2) is 0 Å². The van der Waals surface area contributed by atoms with Crippen LogP contribution in [0.25, 0.3) is 0 Å². The molecule has 0 spiro atoms. The molecule has 0 heterocycles. The highest BCUT2D eigenvalue weighted by atomic mass is 16.3. The number of aliphatic hydroxyl groups excluding tert-OH is 4. The van der Waals surface area contributed by atoms with Crippen molar-refractivity contribution in [2.45, 2.75) is 138 Å². The molecule has 0 aliphatic heterocycles. The molecule has 2 aliphatic carbocycles. The van der Waals surface area contributed by atoms with E-state index in [-0.39, 0.29) is 34.9 Å².